The van der Waals surface area contributed by atoms with Crippen LogP contribution in [0.15, 0.2) is 43.1 Å². The van der Waals surface area contributed by atoms with Gasteiger partial charge in [-0.05, 0) is 31.6 Å². The number of nitrogens with zero attached hydrogens (tertiary/aromatic N) is 2. The lowest BCUT2D eigenvalue weighted by atomic mass is 10.1. The molecule has 0 radical (unpaired) electrons. The summed E-state index contributed by atoms with van der Waals surface area (Å²) in [5.41, 5.74) is 4.45. The third-order valence-electron chi connectivity index (χ3n) is 3.25. The van der Waals surface area contributed by atoms with Crippen LogP contribution in [-0.4, -0.2) is 21.9 Å². The number of aromatic hydroxyl groups is 1. The highest BCUT2D eigenvalue weighted by Crippen LogP contribution is 2.26. The number of phenols is 1. The fourth-order valence-electron chi connectivity index (χ4n) is 2.15. The van der Waals surface area contributed by atoms with Crippen LogP contribution >= 0.6 is 0 Å². The molecule has 0 atom stereocenters. The van der Waals surface area contributed by atoms with Crippen LogP contribution in [0.2, 0.25) is 0 Å². The summed E-state index contributed by atoms with van der Waals surface area (Å²) in [6, 6.07) is 7.17. The molecule has 4 nitrogen and oxygen atoms in total. The highest BCUT2D eigenvalue weighted by Gasteiger charge is 2.07. The Hall–Kier alpha value is -2.49. The maximum atomic E-state index is 9.84. The number of anilines is 1. The summed E-state index contributed by atoms with van der Waals surface area (Å²) in [5.74, 6) is 0.231. The zero-order valence-electron chi connectivity index (χ0n) is 12.0. The molecule has 0 fully saturated rings. The topological polar surface area (TPSA) is 50.1 Å². The lowest BCUT2D eigenvalue weighted by Gasteiger charge is -2.08. The smallest absolute Gasteiger partial charge is 0.123 e. The zero-order chi connectivity index (χ0) is 14.7. The Morgan fingerprint density at radius 2 is 2.10 bits per heavy atom. The van der Waals surface area contributed by atoms with Gasteiger partial charge in [-0.1, -0.05) is 24.8 Å². The van der Waals surface area contributed by atoms with Crippen LogP contribution in [0.3, 0.4) is 0 Å². The number of hydrogen-bond acceptors (Lipinski definition) is 3. The molecule has 0 aliphatic rings. The summed E-state index contributed by atoms with van der Waals surface area (Å²) in [6.07, 6.45) is 3.70. The molecule has 2 aromatic rings. The molecule has 104 valence electrons. The lowest BCUT2D eigenvalue weighted by Crippen LogP contribution is -2.00. The molecule has 1 aromatic heterocycles. The van der Waals surface area contributed by atoms with Crippen molar-refractivity contribution in [3.8, 4) is 5.75 Å². The van der Waals surface area contributed by atoms with Crippen LogP contribution in [-0.2, 0) is 0 Å². The van der Waals surface area contributed by atoms with E-state index >= 15 is 0 Å². The van der Waals surface area contributed by atoms with E-state index in [1.54, 1.807) is 18.3 Å². The van der Waals surface area contributed by atoms with Gasteiger partial charge in [-0.3, -0.25) is 0 Å². The van der Waals surface area contributed by atoms with E-state index in [1.165, 1.54) is 0 Å². The zero-order valence-corrected chi connectivity index (χ0v) is 12.0. The molecule has 1 heterocycles. The Bertz CT molecular complexity index is 668. The number of benzene rings is 1. The second kappa shape index (κ2) is 5.65. The SMILES string of the molecule is C=C(/C=C(/C)n1ncc(NC)c1C)c1ccccc1O. The van der Waals surface area contributed by atoms with Gasteiger partial charge in [0.2, 0.25) is 0 Å². The first-order valence-electron chi connectivity index (χ1n) is 6.43. The number of para-hydroxylation sites is 1. The van der Waals surface area contributed by atoms with Crippen LogP contribution < -0.4 is 5.32 Å². The molecule has 2 N–H and O–H groups in total. The van der Waals surface area contributed by atoms with Crippen molar-refractivity contribution in [3.63, 3.8) is 0 Å². The fourth-order valence-corrected chi connectivity index (χ4v) is 2.15. The monoisotopic (exact) mass is 269 g/mol. The van der Waals surface area contributed by atoms with Gasteiger partial charge in [-0.2, -0.15) is 5.10 Å². The van der Waals surface area contributed by atoms with Crippen LogP contribution in [0.4, 0.5) is 5.69 Å². The summed E-state index contributed by atoms with van der Waals surface area (Å²) >= 11 is 0. The van der Waals surface area contributed by atoms with Gasteiger partial charge in [0.1, 0.15) is 5.75 Å². The van der Waals surface area contributed by atoms with E-state index in [0.717, 1.165) is 28.2 Å². The van der Waals surface area contributed by atoms with E-state index in [4.69, 9.17) is 0 Å². The van der Waals surface area contributed by atoms with E-state index in [0.29, 0.717) is 0 Å². The molecule has 0 unspecified atom stereocenters. The number of phenolic OH excluding ortho intramolecular Hbond substituents is 1. The molecule has 20 heavy (non-hydrogen) atoms. The van der Waals surface area contributed by atoms with E-state index in [9.17, 15) is 5.11 Å². The van der Waals surface area contributed by atoms with Gasteiger partial charge in [-0.25, -0.2) is 4.68 Å². The van der Waals surface area contributed by atoms with Crippen molar-refractivity contribution in [1.29, 1.82) is 0 Å². The highest BCUT2D eigenvalue weighted by molar-refractivity contribution is 5.80. The minimum Gasteiger partial charge on any atom is -0.507 e. The molecule has 1 aromatic carbocycles. The first kappa shape index (κ1) is 13.9. The van der Waals surface area contributed by atoms with Crippen molar-refractivity contribution in [2.45, 2.75) is 13.8 Å². The summed E-state index contributed by atoms with van der Waals surface area (Å²) in [7, 11) is 1.87. The number of nitrogens with one attached hydrogen (secondary N) is 1. The van der Waals surface area contributed by atoms with Gasteiger partial charge in [0.05, 0.1) is 17.6 Å². The molecule has 0 amide bonds. The predicted molar refractivity (Wildman–Crippen MR) is 83.6 cm³/mol. The van der Waals surface area contributed by atoms with Crippen molar-refractivity contribution in [1.82, 2.24) is 9.78 Å². The molecular formula is C16H19N3O. The minimum atomic E-state index is 0.231. The predicted octanol–water partition coefficient (Wildman–Crippen LogP) is 3.51. The minimum absolute atomic E-state index is 0.231. The molecule has 2 rings (SSSR count). The average Bonchev–Trinajstić information content (AvgIpc) is 2.80. The standard InChI is InChI=1S/C16H19N3O/c1-11(14-7-5-6-8-16(14)20)9-12(2)19-13(3)15(17-4)10-18-19/h5-10,17,20H,1H2,2-4H3/b12-9-. The van der Waals surface area contributed by atoms with Crippen molar-refractivity contribution >= 4 is 17.0 Å². The summed E-state index contributed by atoms with van der Waals surface area (Å²) in [6.45, 7) is 7.98. The van der Waals surface area contributed by atoms with E-state index < -0.39 is 0 Å². The van der Waals surface area contributed by atoms with Crippen molar-refractivity contribution < 1.29 is 5.11 Å². The first-order chi connectivity index (χ1) is 9.54. The van der Waals surface area contributed by atoms with E-state index in [-0.39, 0.29) is 5.75 Å². The van der Waals surface area contributed by atoms with Gasteiger partial charge in [-0.15, -0.1) is 0 Å². The molecule has 0 bridgehead atoms. The molecular weight excluding hydrogens is 250 g/mol. The summed E-state index contributed by atoms with van der Waals surface area (Å²) < 4.78 is 1.84. The van der Waals surface area contributed by atoms with Crippen LogP contribution in [0.5, 0.6) is 5.75 Å². The normalized spacial score (nSPS) is 11.4. The molecule has 0 aliphatic carbocycles. The van der Waals surface area contributed by atoms with Gasteiger partial charge in [0, 0.05) is 18.3 Å². The van der Waals surface area contributed by atoms with Crippen LogP contribution in [0.25, 0.3) is 11.3 Å². The van der Waals surface area contributed by atoms with Crippen molar-refractivity contribution in [2.24, 2.45) is 0 Å². The number of rotatable bonds is 4. The number of aromatic nitrogens is 2. The van der Waals surface area contributed by atoms with Gasteiger partial charge >= 0.3 is 0 Å². The Morgan fingerprint density at radius 3 is 2.70 bits per heavy atom. The highest BCUT2D eigenvalue weighted by atomic mass is 16.3. The first-order valence-corrected chi connectivity index (χ1v) is 6.43. The third-order valence-corrected chi connectivity index (χ3v) is 3.25. The quantitative estimate of drug-likeness (QED) is 0.835. The number of hydrogen-bond donors (Lipinski definition) is 2. The van der Waals surface area contributed by atoms with E-state index in [1.807, 2.05) is 43.8 Å². The second-order valence-electron chi connectivity index (χ2n) is 4.63. The van der Waals surface area contributed by atoms with Crippen molar-refractivity contribution in [2.75, 3.05) is 12.4 Å². The Kier molecular flexibility index (Phi) is 3.94. The maximum Gasteiger partial charge on any atom is 0.123 e. The molecule has 0 saturated carbocycles. The number of allylic oxidation sites excluding steroid dienone is 3. The average molecular weight is 269 g/mol. The van der Waals surface area contributed by atoms with Crippen LogP contribution in [0.1, 0.15) is 18.2 Å². The Balaban J connectivity index is 2.33. The van der Waals surface area contributed by atoms with Crippen molar-refractivity contribution in [3.05, 3.63) is 54.4 Å². The molecule has 0 saturated heterocycles. The van der Waals surface area contributed by atoms with Gasteiger partial charge < -0.3 is 10.4 Å². The summed E-state index contributed by atoms with van der Waals surface area (Å²) in [5, 5.41) is 17.3. The largest absolute Gasteiger partial charge is 0.507 e. The van der Waals surface area contributed by atoms with Gasteiger partial charge in [0.25, 0.3) is 0 Å². The third kappa shape index (κ3) is 2.59. The fraction of sp³-hybridized carbons (Fsp3) is 0.188. The molecule has 0 spiro atoms. The summed E-state index contributed by atoms with van der Waals surface area (Å²) in [4.78, 5) is 0. The Morgan fingerprint density at radius 1 is 1.40 bits per heavy atom. The van der Waals surface area contributed by atoms with E-state index in [2.05, 4.69) is 17.0 Å². The molecule has 0 aliphatic heterocycles. The Labute approximate surface area is 119 Å². The van der Waals surface area contributed by atoms with Gasteiger partial charge in [0.15, 0.2) is 0 Å². The van der Waals surface area contributed by atoms with Crippen LogP contribution in [0, 0.1) is 6.92 Å². The maximum absolute atomic E-state index is 9.84. The molecule has 4 heteroatoms. The lowest BCUT2D eigenvalue weighted by molar-refractivity contribution is 0.474. The second-order valence-corrected chi connectivity index (χ2v) is 4.63.